The molecule has 2 unspecified atom stereocenters. The number of hydrogen-bond acceptors (Lipinski definition) is 4. The van der Waals surface area contributed by atoms with E-state index < -0.39 is 0 Å². The number of fused-ring (bicyclic) bond motifs is 1. The summed E-state index contributed by atoms with van der Waals surface area (Å²) >= 11 is 1.82. The second kappa shape index (κ2) is 4.87. The zero-order chi connectivity index (χ0) is 13.4. The number of rotatable bonds is 3. The summed E-state index contributed by atoms with van der Waals surface area (Å²) < 4.78 is 5.61. The van der Waals surface area contributed by atoms with Crippen LogP contribution in [0.1, 0.15) is 34.3 Å². The molecule has 1 aromatic heterocycles. The van der Waals surface area contributed by atoms with E-state index in [4.69, 9.17) is 4.74 Å². The molecule has 100 valence electrons. The summed E-state index contributed by atoms with van der Waals surface area (Å²) in [6.45, 7) is 4.91. The molecular formula is C15H17NO2S. The average molecular weight is 275 g/mol. The van der Waals surface area contributed by atoms with Gasteiger partial charge in [0.15, 0.2) is 0 Å². The highest BCUT2D eigenvalue weighted by molar-refractivity contribution is 7.12. The van der Waals surface area contributed by atoms with E-state index in [0.717, 1.165) is 11.3 Å². The molecule has 1 aromatic carbocycles. The standard InChI is InChI=1S/C15H17NO2S/c1-9-3-6-15(19-9)10(2)16-13-8-18-14-7-11(17)4-5-12(13)14/h3-7,10,13,16-17H,8H2,1-2H3. The summed E-state index contributed by atoms with van der Waals surface area (Å²) in [5, 5.41) is 13.0. The molecule has 0 bridgehead atoms. The number of aromatic hydroxyl groups is 1. The maximum Gasteiger partial charge on any atom is 0.127 e. The summed E-state index contributed by atoms with van der Waals surface area (Å²) in [6, 6.07) is 10.1. The minimum Gasteiger partial charge on any atom is -0.508 e. The zero-order valence-electron chi connectivity index (χ0n) is 11.0. The van der Waals surface area contributed by atoms with Crippen LogP contribution in [0.4, 0.5) is 0 Å². The third-order valence-corrected chi connectivity index (χ3v) is 4.60. The van der Waals surface area contributed by atoms with Gasteiger partial charge in [-0.1, -0.05) is 0 Å². The van der Waals surface area contributed by atoms with Gasteiger partial charge in [0.1, 0.15) is 18.1 Å². The SMILES string of the molecule is Cc1ccc(C(C)NC2COc3cc(O)ccc32)s1. The van der Waals surface area contributed by atoms with E-state index in [1.807, 2.05) is 17.4 Å². The van der Waals surface area contributed by atoms with E-state index in [1.165, 1.54) is 9.75 Å². The van der Waals surface area contributed by atoms with Crippen LogP contribution in [-0.4, -0.2) is 11.7 Å². The number of benzene rings is 1. The van der Waals surface area contributed by atoms with Crippen LogP contribution in [0.15, 0.2) is 30.3 Å². The van der Waals surface area contributed by atoms with Gasteiger partial charge in [0, 0.05) is 27.4 Å². The highest BCUT2D eigenvalue weighted by Gasteiger charge is 2.26. The van der Waals surface area contributed by atoms with Crippen molar-refractivity contribution >= 4 is 11.3 Å². The van der Waals surface area contributed by atoms with Gasteiger partial charge in [0.2, 0.25) is 0 Å². The van der Waals surface area contributed by atoms with E-state index in [0.29, 0.717) is 12.6 Å². The van der Waals surface area contributed by atoms with E-state index in [2.05, 4.69) is 31.3 Å². The first-order chi connectivity index (χ1) is 9.13. The van der Waals surface area contributed by atoms with Crippen molar-refractivity contribution in [3.63, 3.8) is 0 Å². The number of phenolic OH excluding ortho intramolecular Hbond substituents is 1. The maximum atomic E-state index is 9.45. The molecule has 0 amide bonds. The number of nitrogens with one attached hydrogen (secondary N) is 1. The summed E-state index contributed by atoms with van der Waals surface area (Å²) in [5.74, 6) is 1.04. The molecule has 0 saturated heterocycles. The molecule has 2 N–H and O–H groups in total. The monoisotopic (exact) mass is 275 g/mol. The van der Waals surface area contributed by atoms with E-state index in [-0.39, 0.29) is 11.8 Å². The van der Waals surface area contributed by atoms with Crippen molar-refractivity contribution in [3.05, 3.63) is 45.6 Å². The van der Waals surface area contributed by atoms with Gasteiger partial charge in [0.05, 0.1) is 6.04 Å². The van der Waals surface area contributed by atoms with Crippen LogP contribution in [0.2, 0.25) is 0 Å². The quantitative estimate of drug-likeness (QED) is 0.900. The second-order valence-corrected chi connectivity index (χ2v) is 6.24. The van der Waals surface area contributed by atoms with Gasteiger partial charge >= 0.3 is 0 Å². The minimum atomic E-state index is 0.188. The molecule has 0 radical (unpaired) electrons. The Morgan fingerprint density at radius 3 is 2.95 bits per heavy atom. The lowest BCUT2D eigenvalue weighted by Crippen LogP contribution is -2.25. The Hall–Kier alpha value is -1.52. The molecule has 2 aromatic rings. The summed E-state index contributed by atoms with van der Waals surface area (Å²) in [6.07, 6.45) is 0. The van der Waals surface area contributed by atoms with Crippen molar-refractivity contribution in [1.29, 1.82) is 0 Å². The van der Waals surface area contributed by atoms with Gasteiger partial charge in [-0.3, -0.25) is 5.32 Å². The van der Waals surface area contributed by atoms with Gasteiger partial charge in [-0.2, -0.15) is 0 Å². The van der Waals surface area contributed by atoms with Crippen molar-refractivity contribution in [2.45, 2.75) is 25.9 Å². The topological polar surface area (TPSA) is 41.5 Å². The predicted molar refractivity (Wildman–Crippen MR) is 76.9 cm³/mol. The number of hydrogen-bond donors (Lipinski definition) is 2. The number of phenols is 1. The van der Waals surface area contributed by atoms with E-state index in [9.17, 15) is 5.11 Å². The summed E-state index contributed by atoms with van der Waals surface area (Å²) in [4.78, 5) is 2.67. The van der Waals surface area contributed by atoms with Crippen molar-refractivity contribution < 1.29 is 9.84 Å². The number of thiophene rings is 1. The molecular weight excluding hydrogens is 258 g/mol. The van der Waals surface area contributed by atoms with Crippen LogP contribution in [0, 0.1) is 6.92 Å². The Labute approximate surface area is 116 Å². The Kier molecular flexibility index (Phi) is 3.21. The fraction of sp³-hybridized carbons (Fsp3) is 0.333. The lowest BCUT2D eigenvalue weighted by molar-refractivity contribution is 0.301. The molecule has 2 heterocycles. The fourth-order valence-electron chi connectivity index (χ4n) is 2.41. The predicted octanol–water partition coefficient (Wildman–Crippen LogP) is 3.55. The third-order valence-electron chi connectivity index (χ3n) is 3.42. The first kappa shape index (κ1) is 12.5. The number of ether oxygens (including phenoxy) is 1. The lowest BCUT2D eigenvalue weighted by atomic mass is 10.1. The van der Waals surface area contributed by atoms with Crippen molar-refractivity contribution in [3.8, 4) is 11.5 Å². The van der Waals surface area contributed by atoms with Crippen LogP contribution in [0.25, 0.3) is 0 Å². The average Bonchev–Trinajstić information content (AvgIpc) is 2.96. The normalized spacial score (nSPS) is 18.9. The second-order valence-electron chi connectivity index (χ2n) is 4.92. The Bertz CT molecular complexity index is 594. The van der Waals surface area contributed by atoms with Crippen LogP contribution in [0.3, 0.4) is 0 Å². The molecule has 19 heavy (non-hydrogen) atoms. The molecule has 2 atom stereocenters. The van der Waals surface area contributed by atoms with Gasteiger partial charge in [-0.25, -0.2) is 0 Å². The van der Waals surface area contributed by atoms with Gasteiger partial charge < -0.3 is 9.84 Å². The molecule has 4 heteroatoms. The molecule has 1 aliphatic rings. The van der Waals surface area contributed by atoms with Gasteiger partial charge in [0.25, 0.3) is 0 Å². The highest BCUT2D eigenvalue weighted by atomic mass is 32.1. The largest absolute Gasteiger partial charge is 0.508 e. The highest BCUT2D eigenvalue weighted by Crippen LogP contribution is 2.36. The van der Waals surface area contributed by atoms with Gasteiger partial charge in [-0.05, 0) is 38.1 Å². The lowest BCUT2D eigenvalue weighted by Gasteiger charge is -2.17. The molecule has 3 rings (SSSR count). The van der Waals surface area contributed by atoms with Crippen molar-refractivity contribution in [1.82, 2.24) is 5.32 Å². The molecule has 0 saturated carbocycles. The van der Waals surface area contributed by atoms with Crippen LogP contribution < -0.4 is 10.1 Å². The number of aryl methyl sites for hydroxylation is 1. The minimum absolute atomic E-state index is 0.188. The van der Waals surface area contributed by atoms with E-state index >= 15 is 0 Å². The summed E-state index contributed by atoms with van der Waals surface area (Å²) in [5.41, 5.74) is 1.12. The fourth-order valence-corrected chi connectivity index (χ4v) is 3.30. The smallest absolute Gasteiger partial charge is 0.127 e. The van der Waals surface area contributed by atoms with Crippen molar-refractivity contribution in [2.75, 3.05) is 6.61 Å². The molecule has 3 nitrogen and oxygen atoms in total. The summed E-state index contributed by atoms with van der Waals surface area (Å²) in [7, 11) is 0. The van der Waals surface area contributed by atoms with Crippen LogP contribution in [-0.2, 0) is 0 Å². The molecule has 0 aliphatic carbocycles. The van der Waals surface area contributed by atoms with Crippen LogP contribution in [0.5, 0.6) is 11.5 Å². The Morgan fingerprint density at radius 1 is 1.37 bits per heavy atom. The van der Waals surface area contributed by atoms with Crippen LogP contribution >= 0.6 is 11.3 Å². The zero-order valence-corrected chi connectivity index (χ0v) is 11.8. The van der Waals surface area contributed by atoms with Gasteiger partial charge in [-0.15, -0.1) is 11.3 Å². The van der Waals surface area contributed by atoms with E-state index in [1.54, 1.807) is 12.1 Å². The molecule has 1 aliphatic heterocycles. The third kappa shape index (κ3) is 2.46. The van der Waals surface area contributed by atoms with Crippen molar-refractivity contribution in [2.24, 2.45) is 0 Å². The first-order valence-electron chi connectivity index (χ1n) is 6.41. The first-order valence-corrected chi connectivity index (χ1v) is 7.23. The Balaban J connectivity index is 1.76. The molecule has 0 fully saturated rings. The Morgan fingerprint density at radius 2 is 2.21 bits per heavy atom. The maximum absolute atomic E-state index is 9.45. The molecule has 0 spiro atoms.